The molecule has 0 saturated carbocycles. The van der Waals surface area contributed by atoms with Crippen LogP contribution in [0.15, 0.2) is 23.6 Å². The lowest BCUT2D eigenvalue weighted by Gasteiger charge is -2.07. The lowest BCUT2D eigenvalue weighted by molar-refractivity contribution is 0.103. The molecule has 1 nitrogen and oxygen atoms in total. The van der Waals surface area contributed by atoms with Gasteiger partial charge in [0.05, 0.1) is 2.88 Å². The number of carbonyl (C=O) groups is 1. The Kier molecular flexibility index (Phi) is 3.63. The van der Waals surface area contributed by atoms with E-state index in [2.05, 4.69) is 22.6 Å². The Morgan fingerprint density at radius 1 is 1.24 bits per heavy atom. The Balaban J connectivity index is 2.51. The molecular formula is C13H10FIOS. The van der Waals surface area contributed by atoms with Crippen molar-refractivity contribution in [1.29, 1.82) is 0 Å². The van der Waals surface area contributed by atoms with Gasteiger partial charge in [0.1, 0.15) is 5.82 Å². The Hall–Kier alpha value is -0.750. The number of rotatable bonds is 2. The lowest BCUT2D eigenvalue weighted by atomic mass is 9.96. The predicted molar refractivity (Wildman–Crippen MR) is 76.3 cm³/mol. The third-order valence-corrected chi connectivity index (χ3v) is 4.34. The molecule has 0 aliphatic carbocycles. The number of aryl methyl sites for hydroxylation is 2. The van der Waals surface area contributed by atoms with Crippen LogP contribution in [0.4, 0.5) is 4.39 Å². The average molecular weight is 360 g/mol. The molecule has 88 valence electrons. The van der Waals surface area contributed by atoms with Gasteiger partial charge in [0.15, 0.2) is 5.78 Å². The molecule has 2 aromatic rings. The predicted octanol–water partition coefficient (Wildman–Crippen LogP) is 4.34. The van der Waals surface area contributed by atoms with Crippen molar-refractivity contribution in [3.8, 4) is 0 Å². The summed E-state index contributed by atoms with van der Waals surface area (Å²) < 4.78 is 14.2. The van der Waals surface area contributed by atoms with Crippen molar-refractivity contribution in [3.05, 3.63) is 54.5 Å². The average Bonchev–Trinajstić information content (AvgIpc) is 2.63. The van der Waals surface area contributed by atoms with Crippen LogP contribution in [0.1, 0.15) is 27.0 Å². The van der Waals surface area contributed by atoms with Crippen molar-refractivity contribution in [2.75, 3.05) is 0 Å². The van der Waals surface area contributed by atoms with Crippen LogP contribution < -0.4 is 0 Å². The molecule has 0 atom stereocenters. The third-order valence-electron chi connectivity index (χ3n) is 2.55. The second-order valence-electron chi connectivity index (χ2n) is 3.88. The summed E-state index contributed by atoms with van der Waals surface area (Å²) in [5, 5.41) is 1.84. The van der Waals surface area contributed by atoms with Gasteiger partial charge in [-0.25, -0.2) is 4.39 Å². The van der Waals surface area contributed by atoms with Gasteiger partial charge in [-0.3, -0.25) is 4.79 Å². The van der Waals surface area contributed by atoms with E-state index in [1.807, 2.05) is 11.4 Å². The number of benzene rings is 1. The zero-order chi connectivity index (χ0) is 12.6. The van der Waals surface area contributed by atoms with Gasteiger partial charge in [-0.15, -0.1) is 11.3 Å². The molecular weight excluding hydrogens is 350 g/mol. The summed E-state index contributed by atoms with van der Waals surface area (Å²) in [4.78, 5) is 12.3. The van der Waals surface area contributed by atoms with Crippen LogP contribution >= 0.6 is 33.9 Å². The fourth-order valence-corrected chi connectivity index (χ4v) is 3.17. The van der Waals surface area contributed by atoms with Crippen LogP contribution in [-0.2, 0) is 0 Å². The first-order chi connectivity index (χ1) is 7.99. The fraction of sp³-hybridized carbons (Fsp3) is 0.154. The first kappa shape index (κ1) is 12.7. The van der Waals surface area contributed by atoms with Crippen molar-refractivity contribution in [2.45, 2.75) is 13.8 Å². The zero-order valence-electron chi connectivity index (χ0n) is 9.38. The first-order valence-corrected chi connectivity index (χ1v) is 7.00. The summed E-state index contributed by atoms with van der Waals surface area (Å²) in [5.41, 5.74) is 2.67. The normalized spacial score (nSPS) is 10.6. The lowest BCUT2D eigenvalue weighted by Crippen LogP contribution is -2.05. The molecule has 0 saturated heterocycles. The van der Waals surface area contributed by atoms with E-state index in [1.54, 1.807) is 13.8 Å². The summed E-state index contributed by atoms with van der Waals surface area (Å²) in [5.74, 6) is -0.324. The standard InChI is InChI=1S/C13H10FIOS/c1-7-3-10(14)4-8(2)12(7)13(16)9-5-11(15)17-6-9/h3-6H,1-2H3. The third kappa shape index (κ3) is 2.57. The van der Waals surface area contributed by atoms with E-state index < -0.39 is 0 Å². The number of carbonyl (C=O) groups excluding carboxylic acids is 1. The molecule has 17 heavy (non-hydrogen) atoms. The van der Waals surface area contributed by atoms with E-state index in [0.29, 0.717) is 22.3 Å². The van der Waals surface area contributed by atoms with Gasteiger partial charge in [-0.1, -0.05) is 0 Å². The maximum Gasteiger partial charge on any atom is 0.194 e. The minimum absolute atomic E-state index is 0.0285. The Morgan fingerprint density at radius 2 is 1.82 bits per heavy atom. The van der Waals surface area contributed by atoms with Crippen molar-refractivity contribution >= 4 is 39.7 Å². The molecule has 4 heteroatoms. The minimum Gasteiger partial charge on any atom is -0.289 e. The maximum atomic E-state index is 13.2. The van der Waals surface area contributed by atoms with Crippen molar-refractivity contribution in [1.82, 2.24) is 0 Å². The number of ketones is 1. The summed E-state index contributed by atoms with van der Waals surface area (Å²) in [6.07, 6.45) is 0. The number of hydrogen-bond acceptors (Lipinski definition) is 2. The highest BCUT2D eigenvalue weighted by Gasteiger charge is 2.16. The molecule has 1 aromatic carbocycles. The Labute approximate surface area is 117 Å². The molecule has 0 fully saturated rings. The summed E-state index contributed by atoms with van der Waals surface area (Å²) in [6, 6.07) is 4.66. The molecule has 1 aromatic heterocycles. The van der Waals surface area contributed by atoms with E-state index >= 15 is 0 Å². The van der Waals surface area contributed by atoms with E-state index in [1.165, 1.54) is 23.5 Å². The number of hydrogen-bond donors (Lipinski definition) is 0. The van der Waals surface area contributed by atoms with Crippen LogP contribution in [0, 0.1) is 22.5 Å². The van der Waals surface area contributed by atoms with Crippen molar-refractivity contribution in [2.24, 2.45) is 0 Å². The highest BCUT2D eigenvalue weighted by Crippen LogP contribution is 2.23. The van der Waals surface area contributed by atoms with Gasteiger partial charge in [0, 0.05) is 16.5 Å². The molecule has 0 N–H and O–H groups in total. The SMILES string of the molecule is Cc1cc(F)cc(C)c1C(=O)c1csc(I)c1. The van der Waals surface area contributed by atoms with E-state index in [-0.39, 0.29) is 11.6 Å². The highest BCUT2D eigenvalue weighted by molar-refractivity contribution is 14.1. The second-order valence-corrected chi connectivity index (χ2v) is 6.69. The molecule has 0 radical (unpaired) electrons. The fourth-order valence-electron chi connectivity index (χ4n) is 1.84. The zero-order valence-corrected chi connectivity index (χ0v) is 12.4. The molecule has 1 heterocycles. The molecule has 2 rings (SSSR count). The quantitative estimate of drug-likeness (QED) is 0.575. The highest BCUT2D eigenvalue weighted by atomic mass is 127. The van der Waals surface area contributed by atoms with Crippen LogP contribution in [-0.4, -0.2) is 5.78 Å². The molecule has 0 unspecified atom stereocenters. The molecule has 0 bridgehead atoms. The van der Waals surface area contributed by atoms with Crippen LogP contribution in [0.3, 0.4) is 0 Å². The summed E-state index contributed by atoms with van der Waals surface area (Å²) in [6.45, 7) is 3.53. The van der Waals surface area contributed by atoms with Crippen molar-refractivity contribution < 1.29 is 9.18 Å². The van der Waals surface area contributed by atoms with Gasteiger partial charge in [-0.2, -0.15) is 0 Å². The maximum absolute atomic E-state index is 13.2. The van der Waals surface area contributed by atoms with E-state index in [4.69, 9.17) is 0 Å². The topological polar surface area (TPSA) is 17.1 Å². The van der Waals surface area contributed by atoms with E-state index in [0.717, 1.165) is 2.88 Å². The van der Waals surface area contributed by atoms with Gasteiger partial charge in [0.25, 0.3) is 0 Å². The van der Waals surface area contributed by atoms with Gasteiger partial charge >= 0.3 is 0 Å². The van der Waals surface area contributed by atoms with Crippen LogP contribution in [0.2, 0.25) is 0 Å². The summed E-state index contributed by atoms with van der Waals surface area (Å²) >= 11 is 3.72. The van der Waals surface area contributed by atoms with Gasteiger partial charge in [0.2, 0.25) is 0 Å². The van der Waals surface area contributed by atoms with E-state index in [9.17, 15) is 9.18 Å². The number of thiophene rings is 1. The van der Waals surface area contributed by atoms with Gasteiger partial charge in [-0.05, 0) is 65.8 Å². The minimum atomic E-state index is -0.295. The first-order valence-electron chi connectivity index (χ1n) is 5.04. The molecule has 0 amide bonds. The Bertz CT molecular complexity index is 566. The Morgan fingerprint density at radius 3 is 2.29 bits per heavy atom. The van der Waals surface area contributed by atoms with Crippen LogP contribution in [0.25, 0.3) is 0 Å². The number of halogens is 2. The molecule has 0 spiro atoms. The smallest absolute Gasteiger partial charge is 0.194 e. The monoisotopic (exact) mass is 360 g/mol. The van der Waals surface area contributed by atoms with Crippen LogP contribution in [0.5, 0.6) is 0 Å². The van der Waals surface area contributed by atoms with Gasteiger partial charge < -0.3 is 0 Å². The second kappa shape index (κ2) is 4.86. The molecule has 0 aliphatic rings. The molecule has 0 aliphatic heterocycles. The van der Waals surface area contributed by atoms with Crippen molar-refractivity contribution in [3.63, 3.8) is 0 Å². The largest absolute Gasteiger partial charge is 0.289 e. The summed E-state index contributed by atoms with van der Waals surface area (Å²) in [7, 11) is 0.